The van der Waals surface area contributed by atoms with Crippen molar-refractivity contribution in [3.8, 4) is 17.5 Å². The number of hydrogen-bond acceptors (Lipinski definition) is 4. The van der Waals surface area contributed by atoms with Crippen molar-refractivity contribution < 1.29 is 0 Å². The van der Waals surface area contributed by atoms with E-state index in [4.69, 9.17) is 10.2 Å². The summed E-state index contributed by atoms with van der Waals surface area (Å²) in [6.45, 7) is 2.64. The van der Waals surface area contributed by atoms with Crippen molar-refractivity contribution >= 4 is 11.2 Å². The smallest absolute Gasteiger partial charge is 0.160 e. The second kappa shape index (κ2) is 6.17. The zero-order chi connectivity index (χ0) is 17.2. The molecule has 0 aliphatic carbocycles. The molecule has 0 N–H and O–H groups in total. The van der Waals surface area contributed by atoms with E-state index in [1.807, 2.05) is 61.8 Å². The quantitative estimate of drug-likeness (QED) is 0.576. The van der Waals surface area contributed by atoms with E-state index in [0.717, 1.165) is 33.7 Å². The number of benzene rings is 1. The predicted octanol–water partition coefficient (Wildman–Crippen LogP) is 3.72. The van der Waals surface area contributed by atoms with Crippen molar-refractivity contribution in [2.45, 2.75) is 13.5 Å². The molecule has 0 fully saturated rings. The van der Waals surface area contributed by atoms with E-state index in [2.05, 4.69) is 20.6 Å². The maximum absolute atomic E-state index is 8.96. The zero-order valence-corrected chi connectivity index (χ0v) is 13.7. The Balaban J connectivity index is 1.86. The zero-order valence-electron chi connectivity index (χ0n) is 13.7. The second-order valence-electron chi connectivity index (χ2n) is 5.93. The van der Waals surface area contributed by atoms with Gasteiger partial charge in [0.25, 0.3) is 0 Å². The van der Waals surface area contributed by atoms with Crippen LogP contribution in [0.3, 0.4) is 0 Å². The van der Waals surface area contributed by atoms with Gasteiger partial charge in [-0.1, -0.05) is 12.1 Å². The van der Waals surface area contributed by atoms with Crippen LogP contribution in [-0.4, -0.2) is 19.5 Å². The number of nitriles is 1. The highest BCUT2D eigenvalue weighted by Crippen LogP contribution is 2.24. The summed E-state index contributed by atoms with van der Waals surface area (Å²) >= 11 is 0. The molecule has 0 aliphatic heterocycles. The number of aryl methyl sites for hydroxylation is 1. The first-order valence-corrected chi connectivity index (χ1v) is 7.97. The highest BCUT2D eigenvalue weighted by Gasteiger charge is 2.14. The molecular weight excluding hydrogens is 310 g/mol. The van der Waals surface area contributed by atoms with Gasteiger partial charge in [0.05, 0.1) is 18.2 Å². The SMILES string of the molecule is Cc1cnc2c(c1)nc(-c1cccnc1)n2Cc1ccc(C#N)cc1. The molecule has 0 unspecified atom stereocenters. The molecule has 0 saturated carbocycles. The number of fused-ring (bicyclic) bond motifs is 1. The normalized spacial score (nSPS) is 10.7. The summed E-state index contributed by atoms with van der Waals surface area (Å²) in [6.07, 6.45) is 5.41. The topological polar surface area (TPSA) is 67.4 Å². The van der Waals surface area contributed by atoms with Crippen LogP contribution in [0.5, 0.6) is 0 Å². The molecule has 25 heavy (non-hydrogen) atoms. The monoisotopic (exact) mass is 325 g/mol. The highest BCUT2D eigenvalue weighted by atomic mass is 15.1. The third kappa shape index (κ3) is 2.86. The minimum absolute atomic E-state index is 0.627. The van der Waals surface area contributed by atoms with Gasteiger partial charge in [-0.25, -0.2) is 9.97 Å². The molecule has 1 aromatic carbocycles. The first-order chi connectivity index (χ1) is 12.2. The maximum Gasteiger partial charge on any atom is 0.160 e. The highest BCUT2D eigenvalue weighted by molar-refractivity contribution is 5.77. The summed E-state index contributed by atoms with van der Waals surface area (Å²) in [4.78, 5) is 13.6. The molecule has 0 radical (unpaired) electrons. The van der Waals surface area contributed by atoms with E-state index >= 15 is 0 Å². The van der Waals surface area contributed by atoms with Crippen molar-refractivity contribution in [3.05, 3.63) is 77.7 Å². The summed E-state index contributed by atoms with van der Waals surface area (Å²) in [5.41, 5.74) is 5.48. The van der Waals surface area contributed by atoms with Crippen LogP contribution in [-0.2, 0) is 6.54 Å². The molecule has 0 atom stereocenters. The molecule has 4 aromatic rings. The molecule has 0 amide bonds. The van der Waals surface area contributed by atoms with Crippen LogP contribution in [0.2, 0.25) is 0 Å². The van der Waals surface area contributed by atoms with Crippen LogP contribution in [0, 0.1) is 18.3 Å². The van der Waals surface area contributed by atoms with Gasteiger partial charge in [-0.15, -0.1) is 0 Å². The Morgan fingerprint density at radius 2 is 1.96 bits per heavy atom. The molecule has 0 aliphatic rings. The molecule has 0 bridgehead atoms. The van der Waals surface area contributed by atoms with Crippen molar-refractivity contribution in [1.29, 1.82) is 5.26 Å². The summed E-state index contributed by atoms with van der Waals surface area (Å²) in [5, 5.41) is 8.96. The van der Waals surface area contributed by atoms with Crippen LogP contribution in [0.1, 0.15) is 16.7 Å². The van der Waals surface area contributed by atoms with Crippen molar-refractivity contribution in [2.75, 3.05) is 0 Å². The Hall–Kier alpha value is -3.52. The van der Waals surface area contributed by atoms with Gasteiger partial charge in [-0.05, 0) is 48.4 Å². The fraction of sp³-hybridized carbons (Fsp3) is 0.100. The molecule has 0 saturated heterocycles. The van der Waals surface area contributed by atoms with Crippen LogP contribution < -0.4 is 0 Å². The van der Waals surface area contributed by atoms with Crippen LogP contribution in [0.15, 0.2) is 61.1 Å². The predicted molar refractivity (Wildman–Crippen MR) is 95.8 cm³/mol. The molecule has 4 rings (SSSR count). The lowest BCUT2D eigenvalue weighted by Gasteiger charge is -2.09. The van der Waals surface area contributed by atoms with Crippen LogP contribution >= 0.6 is 0 Å². The largest absolute Gasteiger partial charge is 0.304 e. The van der Waals surface area contributed by atoms with Gasteiger partial charge >= 0.3 is 0 Å². The molecule has 5 nitrogen and oxygen atoms in total. The lowest BCUT2D eigenvalue weighted by atomic mass is 10.1. The van der Waals surface area contributed by atoms with E-state index < -0.39 is 0 Å². The maximum atomic E-state index is 8.96. The number of aromatic nitrogens is 4. The Morgan fingerprint density at radius 1 is 1.12 bits per heavy atom. The summed E-state index contributed by atoms with van der Waals surface area (Å²) < 4.78 is 2.09. The first-order valence-electron chi connectivity index (χ1n) is 7.97. The molecule has 3 aromatic heterocycles. The van der Waals surface area contributed by atoms with Crippen molar-refractivity contribution in [1.82, 2.24) is 19.5 Å². The van der Waals surface area contributed by atoms with Crippen molar-refractivity contribution in [3.63, 3.8) is 0 Å². The van der Waals surface area contributed by atoms with Crippen LogP contribution in [0.25, 0.3) is 22.6 Å². The summed E-state index contributed by atoms with van der Waals surface area (Å²) in [6, 6.07) is 15.7. The number of rotatable bonds is 3. The number of pyridine rings is 2. The van der Waals surface area contributed by atoms with Gasteiger partial charge in [0.1, 0.15) is 11.3 Å². The number of nitrogens with zero attached hydrogens (tertiary/aromatic N) is 5. The van der Waals surface area contributed by atoms with E-state index in [1.165, 1.54) is 0 Å². The molecule has 120 valence electrons. The van der Waals surface area contributed by atoms with Gasteiger partial charge in [-0.2, -0.15) is 5.26 Å². The first kappa shape index (κ1) is 15.0. The second-order valence-corrected chi connectivity index (χ2v) is 5.93. The molecule has 5 heteroatoms. The fourth-order valence-electron chi connectivity index (χ4n) is 2.84. The third-order valence-electron chi connectivity index (χ3n) is 4.07. The minimum atomic E-state index is 0.627. The average Bonchev–Trinajstić information content (AvgIpc) is 3.00. The lowest BCUT2D eigenvalue weighted by Crippen LogP contribution is -2.03. The molecular formula is C20H15N5. The average molecular weight is 325 g/mol. The molecule has 3 heterocycles. The van der Waals surface area contributed by atoms with Gasteiger partial charge in [0.2, 0.25) is 0 Å². The van der Waals surface area contributed by atoms with Gasteiger partial charge in [0.15, 0.2) is 5.65 Å². The van der Waals surface area contributed by atoms with Crippen molar-refractivity contribution in [2.24, 2.45) is 0 Å². The number of hydrogen-bond donors (Lipinski definition) is 0. The standard InChI is InChI=1S/C20H15N5/c1-14-9-18-20(23-11-14)25(13-16-6-4-15(10-21)5-7-16)19(24-18)17-3-2-8-22-12-17/h2-9,11-12H,13H2,1H3. The Bertz CT molecular complexity index is 1070. The lowest BCUT2D eigenvalue weighted by molar-refractivity contribution is 0.823. The van der Waals surface area contributed by atoms with Gasteiger partial charge in [0, 0.05) is 24.2 Å². The van der Waals surface area contributed by atoms with E-state index in [9.17, 15) is 0 Å². The fourth-order valence-corrected chi connectivity index (χ4v) is 2.84. The van der Waals surface area contributed by atoms with Gasteiger partial charge in [-0.3, -0.25) is 4.98 Å². The Kier molecular flexibility index (Phi) is 3.71. The van der Waals surface area contributed by atoms with Crippen LogP contribution in [0.4, 0.5) is 0 Å². The summed E-state index contributed by atoms with van der Waals surface area (Å²) in [5.74, 6) is 0.838. The number of imidazole rings is 1. The Labute approximate surface area is 145 Å². The Morgan fingerprint density at radius 3 is 2.68 bits per heavy atom. The summed E-state index contributed by atoms with van der Waals surface area (Å²) in [7, 11) is 0. The van der Waals surface area contributed by atoms with E-state index in [-0.39, 0.29) is 0 Å². The molecule has 0 spiro atoms. The van der Waals surface area contributed by atoms with E-state index in [1.54, 1.807) is 6.20 Å². The minimum Gasteiger partial charge on any atom is -0.304 e. The third-order valence-corrected chi connectivity index (χ3v) is 4.07. The van der Waals surface area contributed by atoms with E-state index in [0.29, 0.717) is 12.1 Å². The van der Waals surface area contributed by atoms with Gasteiger partial charge < -0.3 is 4.57 Å².